The molecule has 1 N–H and O–H groups in total. The van der Waals surface area contributed by atoms with E-state index in [9.17, 15) is 8.42 Å². The van der Waals surface area contributed by atoms with Crippen LogP contribution < -0.4 is 4.72 Å². The van der Waals surface area contributed by atoms with Crippen LogP contribution in [0.15, 0.2) is 5.38 Å². The molecule has 3 fully saturated rings. The molecule has 0 amide bonds. The Hall–Kier alpha value is -0.500. The van der Waals surface area contributed by atoms with Gasteiger partial charge in [-0.25, -0.2) is 18.1 Å². The molecule has 0 spiro atoms. The number of nitrogens with one attached hydrogen (secondary N) is 1. The van der Waals surface area contributed by atoms with Gasteiger partial charge in [-0.2, -0.15) is 0 Å². The van der Waals surface area contributed by atoms with Crippen LogP contribution in [0, 0.1) is 0 Å². The van der Waals surface area contributed by atoms with Gasteiger partial charge in [0.1, 0.15) is 0 Å². The van der Waals surface area contributed by atoms with Crippen molar-refractivity contribution in [1.29, 1.82) is 0 Å². The van der Waals surface area contributed by atoms with Crippen LogP contribution in [-0.4, -0.2) is 42.7 Å². The summed E-state index contributed by atoms with van der Waals surface area (Å²) in [5.41, 5.74) is 1.18. The van der Waals surface area contributed by atoms with Gasteiger partial charge in [0.15, 0.2) is 0 Å². The molecule has 2 saturated carbocycles. The number of hydrogen-bond donors (Lipinski definition) is 1. The van der Waals surface area contributed by atoms with Crippen LogP contribution in [-0.2, 0) is 16.6 Å². The monoisotopic (exact) mass is 341 g/mol. The number of piperidine rings is 1. The summed E-state index contributed by atoms with van der Waals surface area (Å²) in [6.45, 7) is 2.81. The lowest BCUT2D eigenvalue weighted by molar-refractivity contribution is 0.198. The molecule has 2 aliphatic carbocycles. The van der Waals surface area contributed by atoms with Gasteiger partial charge in [0, 0.05) is 37.0 Å². The minimum absolute atomic E-state index is 0.110. The number of likely N-dealkylation sites (tertiary alicyclic amines) is 1. The zero-order chi connectivity index (χ0) is 15.2. The Morgan fingerprint density at radius 2 is 1.91 bits per heavy atom. The Morgan fingerprint density at radius 1 is 1.18 bits per heavy atom. The average molecular weight is 342 g/mol. The third-order valence-corrected chi connectivity index (χ3v) is 7.83. The van der Waals surface area contributed by atoms with Crippen LogP contribution in [0.1, 0.15) is 55.1 Å². The van der Waals surface area contributed by atoms with E-state index in [0.717, 1.165) is 51.2 Å². The quantitative estimate of drug-likeness (QED) is 0.860. The Kier molecular flexibility index (Phi) is 4.00. The molecular formula is C15H23N3O2S2. The van der Waals surface area contributed by atoms with Gasteiger partial charge in [0.25, 0.3) is 0 Å². The maximum atomic E-state index is 12.0. The summed E-state index contributed by atoms with van der Waals surface area (Å²) < 4.78 is 26.8. The van der Waals surface area contributed by atoms with Crippen LogP contribution in [0.4, 0.5) is 0 Å². The van der Waals surface area contributed by atoms with E-state index in [-0.39, 0.29) is 11.3 Å². The molecule has 4 rings (SSSR count). The van der Waals surface area contributed by atoms with Crippen molar-refractivity contribution in [2.45, 2.75) is 62.3 Å². The van der Waals surface area contributed by atoms with E-state index < -0.39 is 10.0 Å². The second-order valence-electron chi connectivity index (χ2n) is 6.86. The van der Waals surface area contributed by atoms with E-state index in [1.54, 1.807) is 11.3 Å². The van der Waals surface area contributed by atoms with Crippen molar-refractivity contribution in [1.82, 2.24) is 14.6 Å². The zero-order valence-electron chi connectivity index (χ0n) is 12.7. The summed E-state index contributed by atoms with van der Waals surface area (Å²) in [4.78, 5) is 7.14. The predicted molar refractivity (Wildman–Crippen MR) is 87.5 cm³/mol. The van der Waals surface area contributed by atoms with E-state index >= 15 is 0 Å². The Morgan fingerprint density at radius 3 is 2.55 bits per heavy atom. The summed E-state index contributed by atoms with van der Waals surface area (Å²) in [6, 6.07) is 0.124. The number of sulfonamides is 1. The van der Waals surface area contributed by atoms with Gasteiger partial charge in [0.05, 0.1) is 16.0 Å². The van der Waals surface area contributed by atoms with Gasteiger partial charge in [-0.3, -0.25) is 4.90 Å². The Labute approximate surface area is 136 Å². The Balaban J connectivity index is 1.26. The van der Waals surface area contributed by atoms with Crippen molar-refractivity contribution in [2.75, 3.05) is 13.1 Å². The van der Waals surface area contributed by atoms with Crippen LogP contribution >= 0.6 is 11.3 Å². The largest absolute Gasteiger partial charge is 0.297 e. The van der Waals surface area contributed by atoms with E-state index in [1.807, 2.05) is 0 Å². The van der Waals surface area contributed by atoms with Gasteiger partial charge >= 0.3 is 0 Å². The van der Waals surface area contributed by atoms with Gasteiger partial charge in [0.2, 0.25) is 10.0 Å². The van der Waals surface area contributed by atoms with Crippen molar-refractivity contribution >= 4 is 21.4 Å². The van der Waals surface area contributed by atoms with E-state index in [4.69, 9.17) is 4.98 Å². The topological polar surface area (TPSA) is 62.3 Å². The molecule has 7 heteroatoms. The van der Waals surface area contributed by atoms with E-state index in [1.165, 1.54) is 23.5 Å². The normalized spacial score (nSPS) is 24.7. The van der Waals surface area contributed by atoms with Crippen molar-refractivity contribution in [3.05, 3.63) is 16.1 Å². The fourth-order valence-corrected chi connectivity index (χ4v) is 5.69. The van der Waals surface area contributed by atoms with Crippen molar-refractivity contribution in [2.24, 2.45) is 0 Å². The first-order valence-electron chi connectivity index (χ1n) is 8.28. The molecule has 1 aliphatic heterocycles. The molecule has 22 heavy (non-hydrogen) atoms. The minimum Gasteiger partial charge on any atom is -0.297 e. The third kappa shape index (κ3) is 3.53. The second-order valence-corrected chi connectivity index (χ2v) is 9.75. The number of thiazole rings is 1. The first-order valence-corrected chi connectivity index (χ1v) is 10.7. The maximum Gasteiger partial charge on any atom is 0.214 e. The fraction of sp³-hybridized carbons (Fsp3) is 0.800. The summed E-state index contributed by atoms with van der Waals surface area (Å²) in [5, 5.41) is 3.39. The fourth-order valence-electron chi connectivity index (χ4n) is 3.06. The van der Waals surface area contributed by atoms with Crippen LogP contribution in [0.25, 0.3) is 0 Å². The number of hydrogen-bond acceptors (Lipinski definition) is 5. The number of aromatic nitrogens is 1. The molecule has 2 heterocycles. The van der Waals surface area contributed by atoms with Crippen molar-refractivity contribution < 1.29 is 8.42 Å². The molecule has 0 aromatic carbocycles. The summed E-state index contributed by atoms with van der Waals surface area (Å²) in [7, 11) is -3.04. The number of nitrogens with zero attached hydrogens (tertiary/aromatic N) is 2. The molecule has 0 atom stereocenters. The first-order chi connectivity index (χ1) is 10.6. The molecule has 0 unspecified atom stereocenters. The van der Waals surface area contributed by atoms with Crippen molar-refractivity contribution in [3.8, 4) is 0 Å². The van der Waals surface area contributed by atoms with Gasteiger partial charge in [-0.1, -0.05) is 0 Å². The summed E-state index contributed by atoms with van der Waals surface area (Å²) in [6.07, 6.45) is 6.10. The standard InChI is InChI=1S/C15H23N3O2S2/c19-22(20,14-3-4-14)17-12-5-7-18(8-6-12)9-13-10-21-15(16-13)11-1-2-11/h10-12,14,17H,1-9H2. The summed E-state index contributed by atoms with van der Waals surface area (Å²) in [5.74, 6) is 0.737. The van der Waals surface area contributed by atoms with Crippen LogP contribution in [0.5, 0.6) is 0 Å². The van der Waals surface area contributed by atoms with Crippen molar-refractivity contribution in [3.63, 3.8) is 0 Å². The minimum atomic E-state index is -3.04. The molecule has 122 valence electrons. The highest BCUT2D eigenvalue weighted by atomic mass is 32.2. The Bertz CT molecular complexity index is 627. The highest BCUT2D eigenvalue weighted by Crippen LogP contribution is 2.41. The molecule has 1 aromatic rings. The predicted octanol–water partition coefficient (Wildman–Crippen LogP) is 2.07. The molecule has 5 nitrogen and oxygen atoms in total. The molecule has 0 radical (unpaired) electrons. The average Bonchev–Trinajstić information content (AvgIpc) is 3.39. The third-order valence-electron chi connectivity index (χ3n) is 4.76. The van der Waals surface area contributed by atoms with Crippen LogP contribution in [0.2, 0.25) is 0 Å². The lowest BCUT2D eigenvalue weighted by Crippen LogP contribution is -2.45. The van der Waals surface area contributed by atoms with E-state index in [2.05, 4.69) is 15.0 Å². The smallest absolute Gasteiger partial charge is 0.214 e. The van der Waals surface area contributed by atoms with Crippen LogP contribution in [0.3, 0.4) is 0 Å². The van der Waals surface area contributed by atoms with E-state index in [0.29, 0.717) is 0 Å². The number of rotatable bonds is 6. The molecular weight excluding hydrogens is 318 g/mol. The molecule has 3 aliphatic rings. The van der Waals surface area contributed by atoms with Gasteiger partial charge < -0.3 is 0 Å². The molecule has 1 aromatic heterocycles. The van der Waals surface area contributed by atoms with Gasteiger partial charge in [-0.05, 0) is 38.5 Å². The second kappa shape index (κ2) is 5.85. The maximum absolute atomic E-state index is 12.0. The molecule has 1 saturated heterocycles. The van der Waals surface area contributed by atoms with Gasteiger partial charge in [-0.15, -0.1) is 11.3 Å². The lowest BCUT2D eigenvalue weighted by Gasteiger charge is -2.31. The highest BCUT2D eigenvalue weighted by Gasteiger charge is 2.37. The lowest BCUT2D eigenvalue weighted by atomic mass is 10.1. The zero-order valence-corrected chi connectivity index (χ0v) is 14.3. The first kappa shape index (κ1) is 15.1. The SMILES string of the molecule is O=S(=O)(NC1CCN(Cc2csc(C3CC3)n2)CC1)C1CC1. The molecule has 0 bridgehead atoms. The highest BCUT2D eigenvalue weighted by molar-refractivity contribution is 7.90. The summed E-state index contributed by atoms with van der Waals surface area (Å²) >= 11 is 1.80.